The van der Waals surface area contributed by atoms with E-state index >= 15 is 0 Å². The van der Waals surface area contributed by atoms with Crippen molar-refractivity contribution in [1.29, 1.82) is 0 Å². The average molecular weight is 345 g/mol. The molecule has 2 heterocycles. The van der Waals surface area contributed by atoms with E-state index in [4.69, 9.17) is 10.1 Å². The van der Waals surface area contributed by atoms with Crippen LogP contribution in [-0.4, -0.2) is 41.2 Å². The largest absolute Gasteiger partial charge is 0.396 e. The number of benzene rings is 1. The van der Waals surface area contributed by atoms with Gasteiger partial charge in [-0.2, -0.15) is 0 Å². The van der Waals surface area contributed by atoms with Gasteiger partial charge in [-0.15, -0.1) is 0 Å². The average Bonchev–Trinajstić information content (AvgIpc) is 3.13. The summed E-state index contributed by atoms with van der Waals surface area (Å²) in [5.41, 5.74) is 2.12. The van der Waals surface area contributed by atoms with Gasteiger partial charge in [0, 0.05) is 31.2 Å². The fourth-order valence-corrected chi connectivity index (χ4v) is 4.31. The molecule has 1 aliphatic rings. The van der Waals surface area contributed by atoms with Gasteiger partial charge in [0.1, 0.15) is 16.1 Å². The van der Waals surface area contributed by atoms with Gasteiger partial charge in [-0.25, -0.2) is 4.98 Å². The monoisotopic (exact) mass is 345 g/mol. The van der Waals surface area contributed by atoms with Crippen molar-refractivity contribution in [3.8, 4) is 10.6 Å². The Morgan fingerprint density at radius 2 is 2.17 bits per heavy atom. The molecule has 0 bridgehead atoms. The molecule has 6 heteroatoms. The number of hydrogen-bond acceptors (Lipinski definition) is 5. The van der Waals surface area contributed by atoms with Gasteiger partial charge >= 0.3 is 0 Å². The Bertz CT molecular complexity index is 700. The van der Waals surface area contributed by atoms with Crippen LogP contribution in [0.2, 0.25) is 0 Å². The predicted molar refractivity (Wildman–Crippen MR) is 97.4 cm³/mol. The second-order valence-corrected chi connectivity index (χ2v) is 7.20. The molecule has 1 atom stereocenters. The molecular weight excluding hydrogens is 322 g/mol. The fraction of sp³-hybridized carbons (Fsp3) is 0.444. The summed E-state index contributed by atoms with van der Waals surface area (Å²) in [6.45, 7) is 4.80. The minimum Gasteiger partial charge on any atom is -0.396 e. The highest BCUT2D eigenvalue weighted by Crippen LogP contribution is 2.42. The molecule has 128 valence electrons. The van der Waals surface area contributed by atoms with Gasteiger partial charge in [-0.1, -0.05) is 41.7 Å². The summed E-state index contributed by atoms with van der Waals surface area (Å²) in [6.07, 6.45) is 1.22. The summed E-state index contributed by atoms with van der Waals surface area (Å²) in [5.74, 6) is 0.0172. The van der Waals surface area contributed by atoms with Gasteiger partial charge in [-0.3, -0.25) is 4.79 Å². The standard InChI is InChI=1S/C18H23N3O2S/c1-12(2)21-15(16(23)19-9-6-10-22)11-14-18(21)24-17(20-14)13-7-4-3-5-8-13/h3-5,7-8,12,15,22H,6,9-11H2,1-2H3,(H,19,23)/t15-/m0/s1. The summed E-state index contributed by atoms with van der Waals surface area (Å²) < 4.78 is 0. The Kier molecular flexibility index (Phi) is 5.16. The number of nitrogens with zero attached hydrogens (tertiary/aromatic N) is 2. The van der Waals surface area contributed by atoms with Gasteiger partial charge < -0.3 is 15.3 Å². The first-order chi connectivity index (χ1) is 11.6. The third-order valence-electron chi connectivity index (χ3n) is 4.15. The van der Waals surface area contributed by atoms with Crippen molar-refractivity contribution in [3.63, 3.8) is 0 Å². The Morgan fingerprint density at radius 1 is 1.42 bits per heavy atom. The number of hydrogen-bond donors (Lipinski definition) is 2. The Balaban J connectivity index is 1.81. The van der Waals surface area contributed by atoms with Crippen molar-refractivity contribution < 1.29 is 9.90 Å². The number of aliphatic hydroxyl groups is 1. The summed E-state index contributed by atoms with van der Waals surface area (Å²) in [5, 5.41) is 13.9. The van der Waals surface area contributed by atoms with Crippen LogP contribution < -0.4 is 10.2 Å². The fourth-order valence-electron chi connectivity index (χ4n) is 3.03. The summed E-state index contributed by atoms with van der Waals surface area (Å²) in [7, 11) is 0. The zero-order valence-corrected chi connectivity index (χ0v) is 14.8. The highest BCUT2D eigenvalue weighted by atomic mass is 32.1. The Morgan fingerprint density at radius 3 is 2.83 bits per heavy atom. The lowest BCUT2D eigenvalue weighted by Crippen LogP contribution is -2.48. The SMILES string of the molecule is CC(C)N1c2sc(-c3ccccc3)nc2C[C@H]1C(=O)NCCCO. The lowest BCUT2D eigenvalue weighted by atomic mass is 10.1. The highest BCUT2D eigenvalue weighted by Gasteiger charge is 2.38. The highest BCUT2D eigenvalue weighted by molar-refractivity contribution is 7.19. The predicted octanol–water partition coefficient (Wildman–Crippen LogP) is 2.45. The van der Waals surface area contributed by atoms with Crippen LogP contribution in [0.15, 0.2) is 30.3 Å². The normalized spacial score (nSPS) is 16.5. The number of carbonyl (C=O) groups is 1. The third kappa shape index (κ3) is 3.30. The van der Waals surface area contributed by atoms with Gasteiger partial charge in [-0.05, 0) is 20.3 Å². The van der Waals surface area contributed by atoms with Gasteiger partial charge in [0.2, 0.25) is 5.91 Å². The number of nitrogens with one attached hydrogen (secondary N) is 1. The molecule has 0 saturated carbocycles. The molecule has 1 aromatic heterocycles. The van der Waals surface area contributed by atoms with Crippen molar-refractivity contribution in [1.82, 2.24) is 10.3 Å². The number of anilines is 1. The molecular formula is C18H23N3O2S. The van der Waals surface area contributed by atoms with E-state index in [0.29, 0.717) is 19.4 Å². The summed E-state index contributed by atoms with van der Waals surface area (Å²) in [4.78, 5) is 19.5. The second kappa shape index (κ2) is 7.32. The Hall–Kier alpha value is -1.92. The number of aromatic nitrogens is 1. The van der Waals surface area contributed by atoms with Crippen LogP contribution in [-0.2, 0) is 11.2 Å². The van der Waals surface area contributed by atoms with Crippen LogP contribution in [0.3, 0.4) is 0 Å². The molecule has 1 aliphatic heterocycles. The van der Waals surface area contributed by atoms with Crippen LogP contribution in [0.25, 0.3) is 10.6 Å². The second-order valence-electron chi connectivity index (χ2n) is 6.23. The van der Waals surface area contributed by atoms with Crippen LogP contribution in [0.5, 0.6) is 0 Å². The van der Waals surface area contributed by atoms with Gasteiger partial charge in [0.25, 0.3) is 0 Å². The molecule has 0 unspecified atom stereocenters. The molecule has 2 N–H and O–H groups in total. The van der Waals surface area contributed by atoms with Crippen molar-refractivity contribution in [2.75, 3.05) is 18.1 Å². The lowest BCUT2D eigenvalue weighted by molar-refractivity contribution is -0.122. The van der Waals surface area contributed by atoms with Gasteiger partial charge in [0.15, 0.2) is 0 Å². The van der Waals surface area contributed by atoms with E-state index < -0.39 is 0 Å². The molecule has 0 aliphatic carbocycles. The van der Waals surface area contributed by atoms with E-state index in [2.05, 4.69) is 36.2 Å². The topological polar surface area (TPSA) is 65.5 Å². The van der Waals surface area contributed by atoms with E-state index in [0.717, 1.165) is 21.3 Å². The zero-order chi connectivity index (χ0) is 17.1. The summed E-state index contributed by atoms with van der Waals surface area (Å²) in [6, 6.07) is 10.2. The maximum atomic E-state index is 12.5. The molecule has 2 aromatic rings. The number of thiazole rings is 1. The van der Waals surface area contributed by atoms with E-state index in [9.17, 15) is 4.79 Å². The van der Waals surface area contributed by atoms with E-state index in [1.54, 1.807) is 11.3 Å². The van der Waals surface area contributed by atoms with Gasteiger partial charge in [0.05, 0.1) is 5.69 Å². The molecule has 0 saturated heterocycles. The van der Waals surface area contributed by atoms with Crippen molar-refractivity contribution in [2.24, 2.45) is 0 Å². The first-order valence-corrected chi connectivity index (χ1v) is 9.15. The number of carbonyl (C=O) groups excluding carboxylic acids is 1. The maximum Gasteiger partial charge on any atom is 0.243 e. The number of rotatable bonds is 6. The molecule has 1 aromatic carbocycles. The Labute approximate surface area is 146 Å². The number of amides is 1. The first-order valence-electron chi connectivity index (χ1n) is 8.34. The molecule has 24 heavy (non-hydrogen) atoms. The van der Waals surface area contributed by atoms with E-state index in [1.807, 2.05) is 18.2 Å². The van der Waals surface area contributed by atoms with E-state index in [-0.39, 0.29) is 24.6 Å². The van der Waals surface area contributed by atoms with Crippen molar-refractivity contribution in [2.45, 2.75) is 38.8 Å². The molecule has 0 fully saturated rings. The molecule has 0 radical (unpaired) electrons. The number of fused-ring (bicyclic) bond motifs is 1. The molecule has 0 spiro atoms. The lowest BCUT2D eigenvalue weighted by Gasteiger charge is -2.29. The zero-order valence-electron chi connectivity index (χ0n) is 14.0. The third-order valence-corrected chi connectivity index (χ3v) is 5.31. The van der Waals surface area contributed by atoms with Crippen molar-refractivity contribution >= 4 is 22.2 Å². The first kappa shape index (κ1) is 16.9. The van der Waals surface area contributed by atoms with Crippen LogP contribution >= 0.6 is 11.3 Å². The summed E-state index contributed by atoms with van der Waals surface area (Å²) >= 11 is 1.66. The van der Waals surface area contributed by atoms with Crippen molar-refractivity contribution in [3.05, 3.63) is 36.0 Å². The quantitative estimate of drug-likeness (QED) is 0.789. The number of aliphatic hydroxyl groups excluding tert-OH is 1. The minimum absolute atomic E-state index is 0.0172. The smallest absolute Gasteiger partial charge is 0.243 e. The van der Waals surface area contributed by atoms with E-state index in [1.165, 1.54) is 0 Å². The van der Waals surface area contributed by atoms with Crippen LogP contribution in [0.4, 0.5) is 5.00 Å². The molecule has 3 rings (SSSR count). The molecule has 5 nitrogen and oxygen atoms in total. The maximum absolute atomic E-state index is 12.5. The minimum atomic E-state index is -0.206. The van der Waals surface area contributed by atoms with Crippen LogP contribution in [0, 0.1) is 0 Å². The van der Waals surface area contributed by atoms with Crippen LogP contribution in [0.1, 0.15) is 26.0 Å². The molecule has 1 amide bonds.